The van der Waals surface area contributed by atoms with Gasteiger partial charge in [-0.1, -0.05) is 36.8 Å². The van der Waals surface area contributed by atoms with Gasteiger partial charge in [0.1, 0.15) is 0 Å². The van der Waals surface area contributed by atoms with Crippen molar-refractivity contribution >= 4 is 29.9 Å². The fraction of sp³-hybridized carbons (Fsp3) is 0.632. The van der Waals surface area contributed by atoms with Gasteiger partial charge in [-0.25, -0.2) is 0 Å². The van der Waals surface area contributed by atoms with Crippen LogP contribution in [-0.4, -0.2) is 49.6 Å². The van der Waals surface area contributed by atoms with E-state index in [0.717, 1.165) is 32.0 Å². The highest BCUT2D eigenvalue weighted by Gasteiger charge is 2.31. The fourth-order valence-electron chi connectivity index (χ4n) is 3.06. The molecule has 1 aromatic carbocycles. The number of guanidine groups is 1. The number of likely N-dealkylation sites (tertiary alicyclic amines) is 1. The van der Waals surface area contributed by atoms with E-state index in [4.69, 9.17) is 0 Å². The van der Waals surface area contributed by atoms with Crippen LogP contribution in [0.1, 0.15) is 31.9 Å². The van der Waals surface area contributed by atoms with Crippen molar-refractivity contribution in [2.24, 2.45) is 10.9 Å². The van der Waals surface area contributed by atoms with E-state index in [2.05, 4.69) is 72.5 Å². The van der Waals surface area contributed by atoms with E-state index >= 15 is 0 Å². The molecule has 0 aromatic heterocycles. The summed E-state index contributed by atoms with van der Waals surface area (Å²) in [6, 6.07) is 9.83. The highest BCUT2D eigenvalue weighted by molar-refractivity contribution is 14.0. The Hall–Kier alpha value is -0.820. The molecule has 2 rings (SSSR count). The first-order valence-electron chi connectivity index (χ1n) is 8.76. The second-order valence-corrected chi connectivity index (χ2v) is 7.01. The van der Waals surface area contributed by atoms with Crippen LogP contribution in [-0.2, 0) is 6.42 Å². The third-order valence-corrected chi connectivity index (χ3v) is 4.74. The molecule has 0 spiro atoms. The molecule has 0 bridgehead atoms. The Morgan fingerprint density at radius 3 is 2.46 bits per heavy atom. The molecule has 136 valence electrons. The number of halogens is 1. The van der Waals surface area contributed by atoms with Gasteiger partial charge < -0.3 is 10.6 Å². The van der Waals surface area contributed by atoms with Crippen molar-refractivity contribution in [1.29, 1.82) is 0 Å². The molecule has 4 nitrogen and oxygen atoms in total. The monoisotopic (exact) mass is 444 g/mol. The van der Waals surface area contributed by atoms with E-state index < -0.39 is 0 Å². The predicted molar refractivity (Wildman–Crippen MR) is 114 cm³/mol. The molecule has 1 aliphatic heterocycles. The van der Waals surface area contributed by atoms with Crippen LogP contribution in [0.3, 0.4) is 0 Å². The maximum absolute atomic E-state index is 4.38. The Morgan fingerprint density at radius 2 is 1.92 bits per heavy atom. The van der Waals surface area contributed by atoms with Crippen LogP contribution in [0, 0.1) is 12.8 Å². The van der Waals surface area contributed by atoms with Crippen molar-refractivity contribution in [3.05, 3.63) is 35.4 Å². The lowest BCUT2D eigenvalue weighted by atomic mass is 10.1. The van der Waals surface area contributed by atoms with Crippen LogP contribution in [0.4, 0.5) is 0 Å². The van der Waals surface area contributed by atoms with Crippen molar-refractivity contribution < 1.29 is 0 Å². The molecule has 1 heterocycles. The van der Waals surface area contributed by atoms with Crippen LogP contribution < -0.4 is 10.6 Å². The minimum absolute atomic E-state index is 0. The summed E-state index contributed by atoms with van der Waals surface area (Å²) >= 11 is 0. The first kappa shape index (κ1) is 21.2. The Bertz CT molecular complexity index is 513. The number of nitrogens with one attached hydrogen (secondary N) is 2. The summed E-state index contributed by atoms with van der Waals surface area (Å²) in [5.74, 6) is 1.56. The minimum Gasteiger partial charge on any atom is -0.356 e. The number of rotatable bonds is 5. The zero-order valence-electron chi connectivity index (χ0n) is 15.7. The maximum atomic E-state index is 4.38. The fourth-order valence-corrected chi connectivity index (χ4v) is 3.06. The highest BCUT2D eigenvalue weighted by atomic mass is 127. The minimum atomic E-state index is 0. The van der Waals surface area contributed by atoms with Crippen LogP contribution >= 0.6 is 24.0 Å². The zero-order chi connectivity index (χ0) is 16.8. The number of hydrogen-bond donors (Lipinski definition) is 2. The molecule has 24 heavy (non-hydrogen) atoms. The Balaban J connectivity index is 0.00000288. The smallest absolute Gasteiger partial charge is 0.191 e. The molecule has 0 saturated carbocycles. The van der Waals surface area contributed by atoms with Gasteiger partial charge in [0.25, 0.3) is 0 Å². The quantitative estimate of drug-likeness (QED) is 0.417. The average molecular weight is 444 g/mol. The zero-order valence-corrected chi connectivity index (χ0v) is 18.0. The van der Waals surface area contributed by atoms with Crippen LogP contribution in [0.15, 0.2) is 29.3 Å². The summed E-state index contributed by atoms with van der Waals surface area (Å²) in [7, 11) is 1.85. The standard InChI is InChI=1S/C19H32N4.HI/c1-14(2)23-12-16(4)18(13-23)22-19(20-5)21-11-10-17-8-6-15(3)7-9-17;/h6-9,14,16,18H,10-13H2,1-5H3,(H2,20,21,22);1H. The van der Waals surface area contributed by atoms with E-state index in [-0.39, 0.29) is 24.0 Å². The molecule has 0 aliphatic carbocycles. The number of aliphatic imine (C=N–C) groups is 1. The summed E-state index contributed by atoms with van der Waals surface area (Å²) in [6.45, 7) is 12.1. The van der Waals surface area contributed by atoms with E-state index in [1.165, 1.54) is 11.1 Å². The number of benzene rings is 1. The molecule has 2 unspecified atom stereocenters. The van der Waals surface area contributed by atoms with E-state index in [0.29, 0.717) is 18.0 Å². The van der Waals surface area contributed by atoms with Gasteiger partial charge in [-0.05, 0) is 38.7 Å². The molecule has 0 radical (unpaired) electrons. The molecular weight excluding hydrogens is 411 g/mol. The average Bonchev–Trinajstić information content (AvgIpc) is 2.89. The third kappa shape index (κ3) is 6.24. The van der Waals surface area contributed by atoms with Gasteiger partial charge >= 0.3 is 0 Å². The van der Waals surface area contributed by atoms with Gasteiger partial charge in [-0.15, -0.1) is 24.0 Å². The summed E-state index contributed by atoms with van der Waals surface area (Å²) < 4.78 is 0. The Morgan fingerprint density at radius 1 is 1.25 bits per heavy atom. The first-order valence-corrected chi connectivity index (χ1v) is 8.76. The number of nitrogens with zero attached hydrogens (tertiary/aromatic N) is 2. The topological polar surface area (TPSA) is 39.7 Å². The molecule has 0 amide bonds. The lowest BCUT2D eigenvalue weighted by Crippen LogP contribution is -2.47. The molecule has 1 aliphatic rings. The summed E-state index contributed by atoms with van der Waals surface area (Å²) in [6.07, 6.45) is 1.01. The van der Waals surface area contributed by atoms with Gasteiger partial charge in [0.15, 0.2) is 5.96 Å². The SMILES string of the molecule is CN=C(NCCc1ccc(C)cc1)NC1CN(C(C)C)CC1C.I. The Kier molecular flexibility index (Phi) is 9.05. The van der Waals surface area contributed by atoms with Crippen molar-refractivity contribution in [3.63, 3.8) is 0 Å². The van der Waals surface area contributed by atoms with Crippen LogP contribution in [0.2, 0.25) is 0 Å². The molecule has 1 aromatic rings. The van der Waals surface area contributed by atoms with Crippen molar-refractivity contribution in [2.75, 3.05) is 26.7 Å². The van der Waals surface area contributed by atoms with Gasteiger partial charge in [0.05, 0.1) is 0 Å². The molecule has 5 heteroatoms. The van der Waals surface area contributed by atoms with E-state index in [1.54, 1.807) is 0 Å². The van der Waals surface area contributed by atoms with E-state index in [1.807, 2.05) is 7.05 Å². The molecule has 2 atom stereocenters. The van der Waals surface area contributed by atoms with Crippen molar-refractivity contribution in [1.82, 2.24) is 15.5 Å². The number of hydrogen-bond acceptors (Lipinski definition) is 2. The first-order chi connectivity index (χ1) is 11.0. The molecule has 1 fully saturated rings. The van der Waals surface area contributed by atoms with Crippen molar-refractivity contribution in [2.45, 2.75) is 46.2 Å². The summed E-state index contributed by atoms with van der Waals surface area (Å²) in [5, 5.41) is 7.04. The Labute approximate surface area is 164 Å². The van der Waals surface area contributed by atoms with Crippen molar-refractivity contribution in [3.8, 4) is 0 Å². The summed E-state index contributed by atoms with van der Waals surface area (Å²) in [4.78, 5) is 6.91. The number of aryl methyl sites for hydroxylation is 1. The normalized spacial score (nSPS) is 21.7. The summed E-state index contributed by atoms with van der Waals surface area (Å²) in [5.41, 5.74) is 2.67. The second-order valence-electron chi connectivity index (χ2n) is 7.01. The largest absolute Gasteiger partial charge is 0.356 e. The van der Waals surface area contributed by atoms with Gasteiger partial charge in [0, 0.05) is 38.8 Å². The maximum Gasteiger partial charge on any atom is 0.191 e. The lowest BCUT2D eigenvalue weighted by Gasteiger charge is -2.22. The van der Waals surface area contributed by atoms with Gasteiger partial charge in [0.2, 0.25) is 0 Å². The molecule has 1 saturated heterocycles. The highest BCUT2D eigenvalue weighted by Crippen LogP contribution is 2.18. The molecular formula is C19H33IN4. The second kappa shape index (κ2) is 10.2. The van der Waals surface area contributed by atoms with Gasteiger partial charge in [-0.2, -0.15) is 0 Å². The van der Waals surface area contributed by atoms with Crippen LogP contribution in [0.5, 0.6) is 0 Å². The van der Waals surface area contributed by atoms with Gasteiger partial charge in [-0.3, -0.25) is 9.89 Å². The van der Waals surface area contributed by atoms with Crippen LogP contribution in [0.25, 0.3) is 0 Å². The lowest BCUT2D eigenvalue weighted by molar-refractivity contribution is 0.265. The van der Waals surface area contributed by atoms with E-state index in [9.17, 15) is 0 Å². The molecule has 2 N–H and O–H groups in total. The third-order valence-electron chi connectivity index (χ3n) is 4.74. The predicted octanol–water partition coefficient (Wildman–Crippen LogP) is 3.05.